The molecule has 1 N–H and O–H groups in total. The minimum atomic E-state index is -0.0221. The number of amides is 1. The van der Waals surface area contributed by atoms with Crippen LogP contribution in [0.3, 0.4) is 0 Å². The van der Waals surface area contributed by atoms with Gasteiger partial charge >= 0.3 is 0 Å². The van der Waals surface area contributed by atoms with E-state index < -0.39 is 0 Å². The SMILES string of the molecule is CCOC1CCN(C(=O)c2[nH]c3ccccc3c2Cl)CC1. The molecule has 0 spiro atoms. The van der Waals surface area contributed by atoms with Crippen LogP contribution in [0.1, 0.15) is 30.3 Å². The number of halogens is 1. The zero-order valence-electron chi connectivity index (χ0n) is 12.1. The Hall–Kier alpha value is -1.52. The maximum atomic E-state index is 12.6. The van der Waals surface area contributed by atoms with E-state index in [0.29, 0.717) is 10.7 Å². The molecular formula is C16H19ClN2O2. The van der Waals surface area contributed by atoms with Crippen LogP contribution in [0.15, 0.2) is 24.3 Å². The van der Waals surface area contributed by atoms with Crippen LogP contribution >= 0.6 is 11.6 Å². The first kappa shape index (κ1) is 14.4. The monoisotopic (exact) mass is 306 g/mol. The molecule has 0 aliphatic carbocycles. The highest BCUT2D eigenvalue weighted by Crippen LogP contribution is 2.28. The van der Waals surface area contributed by atoms with E-state index in [2.05, 4.69) is 4.98 Å². The van der Waals surface area contributed by atoms with Gasteiger partial charge in [-0.3, -0.25) is 4.79 Å². The number of fused-ring (bicyclic) bond motifs is 1. The van der Waals surface area contributed by atoms with Crippen LogP contribution in [0.5, 0.6) is 0 Å². The van der Waals surface area contributed by atoms with Crippen molar-refractivity contribution in [3.05, 3.63) is 35.0 Å². The lowest BCUT2D eigenvalue weighted by Crippen LogP contribution is -2.41. The van der Waals surface area contributed by atoms with Crippen molar-refractivity contribution in [2.24, 2.45) is 0 Å². The van der Waals surface area contributed by atoms with E-state index in [4.69, 9.17) is 16.3 Å². The van der Waals surface area contributed by atoms with Gasteiger partial charge in [-0.05, 0) is 25.8 Å². The Morgan fingerprint density at radius 2 is 2.10 bits per heavy atom. The predicted octanol–water partition coefficient (Wildman–Crippen LogP) is 3.46. The molecule has 1 aromatic heterocycles. The van der Waals surface area contributed by atoms with E-state index in [0.717, 1.165) is 43.4 Å². The summed E-state index contributed by atoms with van der Waals surface area (Å²) >= 11 is 6.35. The van der Waals surface area contributed by atoms with Gasteiger partial charge in [0.05, 0.1) is 11.1 Å². The smallest absolute Gasteiger partial charge is 0.271 e. The lowest BCUT2D eigenvalue weighted by Gasteiger charge is -2.31. The zero-order chi connectivity index (χ0) is 14.8. The van der Waals surface area contributed by atoms with Gasteiger partial charge in [0.2, 0.25) is 0 Å². The average molecular weight is 307 g/mol. The van der Waals surface area contributed by atoms with Crippen LogP contribution in [0.4, 0.5) is 0 Å². The highest BCUT2D eigenvalue weighted by Gasteiger charge is 2.26. The molecule has 4 nitrogen and oxygen atoms in total. The fourth-order valence-corrected chi connectivity index (χ4v) is 3.17. The molecule has 0 radical (unpaired) electrons. The zero-order valence-corrected chi connectivity index (χ0v) is 12.8. The molecule has 0 bridgehead atoms. The lowest BCUT2D eigenvalue weighted by molar-refractivity contribution is 0.0144. The van der Waals surface area contributed by atoms with Gasteiger partial charge in [-0.2, -0.15) is 0 Å². The number of likely N-dealkylation sites (tertiary alicyclic amines) is 1. The summed E-state index contributed by atoms with van der Waals surface area (Å²) in [6, 6.07) is 7.70. The second kappa shape index (κ2) is 6.08. The van der Waals surface area contributed by atoms with Crippen LogP contribution < -0.4 is 0 Å². The molecule has 112 valence electrons. The van der Waals surface area contributed by atoms with Crippen molar-refractivity contribution in [2.75, 3.05) is 19.7 Å². The van der Waals surface area contributed by atoms with Crippen molar-refractivity contribution < 1.29 is 9.53 Å². The van der Waals surface area contributed by atoms with Crippen molar-refractivity contribution in [3.8, 4) is 0 Å². The van der Waals surface area contributed by atoms with Crippen molar-refractivity contribution in [2.45, 2.75) is 25.9 Å². The molecule has 0 unspecified atom stereocenters. The third-order valence-corrected chi connectivity index (χ3v) is 4.38. The van der Waals surface area contributed by atoms with Gasteiger partial charge in [0.25, 0.3) is 5.91 Å². The van der Waals surface area contributed by atoms with Crippen molar-refractivity contribution in [3.63, 3.8) is 0 Å². The van der Waals surface area contributed by atoms with Gasteiger partial charge in [0, 0.05) is 30.6 Å². The number of H-pyrrole nitrogens is 1. The van der Waals surface area contributed by atoms with E-state index in [-0.39, 0.29) is 12.0 Å². The molecule has 1 saturated heterocycles. The first-order valence-corrected chi connectivity index (χ1v) is 7.75. The third-order valence-electron chi connectivity index (χ3n) is 3.99. The number of piperidine rings is 1. The Balaban J connectivity index is 1.77. The molecule has 1 aliphatic rings. The molecule has 3 rings (SSSR count). The summed E-state index contributed by atoms with van der Waals surface area (Å²) < 4.78 is 5.62. The first-order chi connectivity index (χ1) is 10.2. The topological polar surface area (TPSA) is 45.3 Å². The number of nitrogens with one attached hydrogen (secondary N) is 1. The molecule has 0 saturated carbocycles. The summed E-state index contributed by atoms with van der Waals surface area (Å²) in [6.07, 6.45) is 2.05. The van der Waals surface area contributed by atoms with E-state index in [1.807, 2.05) is 36.1 Å². The van der Waals surface area contributed by atoms with E-state index in [9.17, 15) is 4.79 Å². The summed E-state index contributed by atoms with van der Waals surface area (Å²) in [5.74, 6) is -0.0221. The van der Waals surface area contributed by atoms with E-state index >= 15 is 0 Å². The quantitative estimate of drug-likeness (QED) is 0.944. The number of aromatic amines is 1. The third kappa shape index (κ3) is 2.78. The summed E-state index contributed by atoms with van der Waals surface area (Å²) in [4.78, 5) is 17.6. The number of hydrogen-bond donors (Lipinski definition) is 1. The Labute approximate surface area is 129 Å². The number of hydrogen-bond acceptors (Lipinski definition) is 2. The van der Waals surface area contributed by atoms with Crippen LogP contribution in [-0.2, 0) is 4.74 Å². The molecular weight excluding hydrogens is 288 g/mol. The average Bonchev–Trinajstić information content (AvgIpc) is 2.85. The van der Waals surface area contributed by atoms with Crippen LogP contribution in [0.2, 0.25) is 5.02 Å². The molecule has 2 aromatic rings. The van der Waals surface area contributed by atoms with Gasteiger partial charge in [-0.15, -0.1) is 0 Å². The maximum Gasteiger partial charge on any atom is 0.271 e. The fraction of sp³-hybridized carbons (Fsp3) is 0.438. The van der Waals surface area contributed by atoms with Crippen LogP contribution in [0, 0.1) is 0 Å². The second-order valence-electron chi connectivity index (χ2n) is 5.31. The standard InChI is InChI=1S/C16H19ClN2O2/c1-2-21-11-7-9-19(10-8-11)16(20)15-14(17)12-5-3-4-6-13(12)18-15/h3-6,11,18H,2,7-10H2,1H3. The first-order valence-electron chi connectivity index (χ1n) is 7.37. The maximum absolute atomic E-state index is 12.6. The Kier molecular flexibility index (Phi) is 4.17. The van der Waals surface area contributed by atoms with E-state index in [1.54, 1.807) is 0 Å². The normalized spacial score (nSPS) is 16.6. The van der Waals surface area contributed by atoms with Gasteiger partial charge < -0.3 is 14.6 Å². The Morgan fingerprint density at radius 1 is 1.38 bits per heavy atom. The number of nitrogens with zero attached hydrogens (tertiary/aromatic N) is 1. The van der Waals surface area contributed by atoms with Gasteiger partial charge in [0.15, 0.2) is 0 Å². The predicted molar refractivity (Wildman–Crippen MR) is 83.9 cm³/mol. The number of carbonyl (C=O) groups excluding carboxylic acids is 1. The Bertz CT molecular complexity index is 645. The van der Waals surface area contributed by atoms with Gasteiger partial charge in [-0.1, -0.05) is 29.8 Å². The second-order valence-corrected chi connectivity index (χ2v) is 5.68. The molecule has 1 amide bonds. The summed E-state index contributed by atoms with van der Waals surface area (Å²) in [7, 11) is 0. The fourth-order valence-electron chi connectivity index (χ4n) is 2.87. The summed E-state index contributed by atoms with van der Waals surface area (Å²) in [5, 5.41) is 1.41. The number of aromatic nitrogens is 1. The van der Waals surface area contributed by atoms with Crippen molar-refractivity contribution in [1.29, 1.82) is 0 Å². The summed E-state index contributed by atoms with van der Waals surface area (Å²) in [6.45, 7) is 4.17. The lowest BCUT2D eigenvalue weighted by atomic mass is 10.1. The molecule has 1 aliphatic heterocycles. The number of para-hydroxylation sites is 1. The van der Waals surface area contributed by atoms with Gasteiger partial charge in [0.1, 0.15) is 5.69 Å². The minimum Gasteiger partial charge on any atom is -0.378 e. The molecule has 5 heteroatoms. The minimum absolute atomic E-state index is 0.0221. The largest absolute Gasteiger partial charge is 0.378 e. The van der Waals surface area contributed by atoms with Crippen molar-refractivity contribution >= 4 is 28.4 Å². The van der Waals surface area contributed by atoms with Crippen LogP contribution in [0.25, 0.3) is 10.9 Å². The number of ether oxygens (including phenoxy) is 1. The van der Waals surface area contributed by atoms with E-state index in [1.165, 1.54) is 0 Å². The highest BCUT2D eigenvalue weighted by atomic mass is 35.5. The number of benzene rings is 1. The summed E-state index contributed by atoms with van der Waals surface area (Å²) in [5.41, 5.74) is 1.39. The highest BCUT2D eigenvalue weighted by molar-refractivity contribution is 6.38. The Morgan fingerprint density at radius 3 is 2.76 bits per heavy atom. The number of rotatable bonds is 3. The van der Waals surface area contributed by atoms with Gasteiger partial charge in [-0.25, -0.2) is 0 Å². The molecule has 2 heterocycles. The van der Waals surface area contributed by atoms with Crippen molar-refractivity contribution in [1.82, 2.24) is 9.88 Å². The molecule has 1 fully saturated rings. The molecule has 0 atom stereocenters. The molecule has 1 aromatic carbocycles. The molecule has 21 heavy (non-hydrogen) atoms. The van der Waals surface area contributed by atoms with Crippen LogP contribution in [-0.4, -0.2) is 41.6 Å². The number of carbonyl (C=O) groups is 1.